The minimum Gasteiger partial charge on any atom is -0.497 e. The largest absolute Gasteiger partial charge is 0.497 e. The van der Waals surface area contributed by atoms with E-state index in [4.69, 9.17) is 9.47 Å². The molecular weight excluding hydrogens is 570 g/mol. The molecule has 3 aromatic rings. The van der Waals surface area contributed by atoms with Crippen molar-refractivity contribution in [3.63, 3.8) is 0 Å². The van der Waals surface area contributed by atoms with E-state index >= 15 is 0 Å². The van der Waals surface area contributed by atoms with E-state index in [9.17, 15) is 23.2 Å². The fraction of sp³-hybridized carbons (Fsp3) is 0.364. The van der Waals surface area contributed by atoms with E-state index in [1.165, 1.54) is 4.90 Å². The number of amides is 2. The van der Waals surface area contributed by atoms with E-state index in [1.807, 2.05) is 56.0 Å². The molecule has 2 amide bonds. The van der Waals surface area contributed by atoms with Crippen LogP contribution in [0.3, 0.4) is 0 Å². The van der Waals surface area contributed by atoms with Gasteiger partial charge in [-0.15, -0.1) is 0 Å². The fourth-order valence-electron chi connectivity index (χ4n) is 5.82. The van der Waals surface area contributed by atoms with Crippen molar-refractivity contribution >= 4 is 36.7 Å². The van der Waals surface area contributed by atoms with Crippen molar-refractivity contribution in [3.05, 3.63) is 89.0 Å². The quantitative estimate of drug-likeness (QED) is 0.262. The highest BCUT2D eigenvalue weighted by Crippen LogP contribution is 2.45. The standard InChI is InChI=1S/C33H36F2N2O5Si/c1-41-24-10-11-25-21(14-24)12-13-37(30(25)32(39)36-23-17-27(34)31(28(35)18-23)43(2,3)4)33(40)26-15-22(26)16-29(38)42-19-20-8-6-5-7-9-20/h5-11,14,17-18,22,26,30H,12-13,15-16,19H2,1-4H3,(H,36,39)/t22-,26+,30-/m1/s1. The fourth-order valence-corrected chi connectivity index (χ4v) is 7.40. The van der Waals surface area contributed by atoms with Crippen LogP contribution in [0.4, 0.5) is 14.5 Å². The van der Waals surface area contributed by atoms with E-state index in [-0.39, 0.29) is 48.2 Å². The molecule has 3 atom stereocenters. The number of carbonyl (C=O) groups is 3. The van der Waals surface area contributed by atoms with Gasteiger partial charge in [0.1, 0.15) is 30.0 Å². The third-order valence-electron chi connectivity index (χ3n) is 8.08. The summed E-state index contributed by atoms with van der Waals surface area (Å²) in [5.74, 6) is -2.53. The molecule has 1 N–H and O–H groups in total. The van der Waals surface area contributed by atoms with Crippen molar-refractivity contribution in [2.75, 3.05) is 19.0 Å². The number of benzene rings is 3. The highest BCUT2D eigenvalue weighted by molar-refractivity contribution is 6.88. The Labute approximate surface area is 251 Å². The number of hydrogen-bond donors (Lipinski definition) is 1. The summed E-state index contributed by atoms with van der Waals surface area (Å²) in [6, 6.07) is 15.9. The number of nitrogens with one attached hydrogen (secondary N) is 1. The number of methoxy groups -OCH3 is 1. The van der Waals surface area contributed by atoms with Crippen molar-refractivity contribution < 1.29 is 32.6 Å². The Morgan fingerprint density at radius 1 is 1.00 bits per heavy atom. The lowest BCUT2D eigenvalue weighted by atomic mass is 9.91. The number of rotatable bonds is 9. The van der Waals surface area contributed by atoms with Crippen molar-refractivity contribution in [2.24, 2.45) is 11.8 Å². The average molecular weight is 607 g/mol. The van der Waals surface area contributed by atoms with E-state index in [0.29, 0.717) is 24.2 Å². The topological polar surface area (TPSA) is 84.9 Å². The first-order chi connectivity index (χ1) is 20.5. The Morgan fingerprint density at radius 3 is 2.35 bits per heavy atom. The zero-order chi connectivity index (χ0) is 30.9. The summed E-state index contributed by atoms with van der Waals surface area (Å²) in [6.45, 7) is 5.97. The first-order valence-corrected chi connectivity index (χ1v) is 17.9. The smallest absolute Gasteiger partial charge is 0.306 e. The second-order valence-corrected chi connectivity index (χ2v) is 17.3. The van der Waals surface area contributed by atoms with Crippen LogP contribution in [0.15, 0.2) is 60.7 Å². The number of carbonyl (C=O) groups excluding carboxylic acids is 3. The molecular formula is C33H36F2N2O5Si. The van der Waals surface area contributed by atoms with Crippen molar-refractivity contribution in [3.8, 4) is 5.75 Å². The molecule has 0 radical (unpaired) electrons. The first-order valence-electron chi connectivity index (χ1n) is 14.4. The average Bonchev–Trinajstić information content (AvgIpc) is 3.72. The lowest BCUT2D eigenvalue weighted by Gasteiger charge is -2.37. The van der Waals surface area contributed by atoms with Gasteiger partial charge in [0, 0.05) is 29.8 Å². The molecule has 0 saturated heterocycles. The minimum absolute atomic E-state index is 0.0134. The SMILES string of the molecule is COc1ccc2c(c1)CCN(C(=O)[C@H]1C[C@@H]1CC(=O)OCc1ccccc1)[C@H]2C(=O)Nc1cc(F)c([Si](C)(C)C)c(F)c1. The molecule has 1 aliphatic carbocycles. The monoisotopic (exact) mass is 606 g/mol. The molecule has 0 bridgehead atoms. The molecule has 0 aromatic heterocycles. The number of ether oxygens (including phenoxy) is 2. The van der Waals surface area contributed by atoms with Crippen LogP contribution in [0, 0.1) is 23.5 Å². The molecule has 1 saturated carbocycles. The number of hydrogen-bond acceptors (Lipinski definition) is 5. The molecule has 43 heavy (non-hydrogen) atoms. The predicted octanol–water partition coefficient (Wildman–Crippen LogP) is 5.35. The summed E-state index contributed by atoms with van der Waals surface area (Å²) < 4.78 is 40.7. The van der Waals surface area contributed by atoms with Gasteiger partial charge in [0.05, 0.1) is 15.2 Å². The minimum atomic E-state index is -2.31. The van der Waals surface area contributed by atoms with Crippen LogP contribution in [0.1, 0.15) is 35.6 Å². The van der Waals surface area contributed by atoms with Crippen LogP contribution in [-0.4, -0.2) is 44.4 Å². The third kappa shape index (κ3) is 6.80. The molecule has 7 nitrogen and oxygen atoms in total. The summed E-state index contributed by atoms with van der Waals surface area (Å²) in [4.78, 5) is 41.5. The van der Waals surface area contributed by atoms with Gasteiger partial charge in [-0.1, -0.05) is 56.0 Å². The van der Waals surface area contributed by atoms with Gasteiger partial charge in [-0.25, -0.2) is 8.78 Å². The van der Waals surface area contributed by atoms with Crippen molar-refractivity contribution in [1.29, 1.82) is 0 Å². The molecule has 1 aliphatic heterocycles. The Morgan fingerprint density at radius 2 is 1.70 bits per heavy atom. The molecule has 3 aromatic carbocycles. The van der Waals surface area contributed by atoms with Crippen LogP contribution >= 0.6 is 0 Å². The Kier molecular flexibility index (Phi) is 8.68. The van der Waals surface area contributed by atoms with Crippen LogP contribution in [0.25, 0.3) is 0 Å². The summed E-state index contributed by atoms with van der Waals surface area (Å²) in [5.41, 5.74) is 2.34. The van der Waals surface area contributed by atoms with Gasteiger partial charge in [0.15, 0.2) is 0 Å². The number of halogens is 2. The van der Waals surface area contributed by atoms with Gasteiger partial charge in [-0.2, -0.15) is 0 Å². The summed E-state index contributed by atoms with van der Waals surface area (Å²) in [7, 11) is -0.756. The molecule has 0 unspecified atom stereocenters. The number of anilines is 1. The Bertz CT molecular complexity index is 1520. The van der Waals surface area contributed by atoms with Gasteiger partial charge >= 0.3 is 5.97 Å². The summed E-state index contributed by atoms with van der Waals surface area (Å²) in [6.07, 6.45) is 1.14. The summed E-state index contributed by atoms with van der Waals surface area (Å²) >= 11 is 0. The molecule has 0 spiro atoms. The van der Waals surface area contributed by atoms with E-state index in [2.05, 4.69) is 5.32 Å². The van der Waals surface area contributed by atoms with Crippen molar-refractivity contribution in [2.45, 2.75) is 51.6 Å². The van der Waals surface area contributed by atoms with Gasteiger partial charge < -0.3 is 19.7 Å². The predicted molar refractivity (Wildman–Crippen MR) is 162 cm³/mol. The Hall–Kier alpha value is -4.05. The van der Waals surface area contributed by atoms with Gasteiger partial charge in [-0.3, -0.25) is 14.4 Å². The number of esters is 1. The third-order valence-corrected chi connectivity index (χ3v) is 10.1. The van der Waals surface area contributed by atoms with Crippen LogP contribution in [-0.2, 0) is 32.1 Å². The maximum absolute atomic E-state index is 15.0. The maximum atomic E-state index is 15.0. The number of nitrogens with zero attached hydrogens (tertiary/aromatic N) is 1. The molecule has 5 rings (SSSR count). The first kappa shape index (κ1) is 30.4. The zero-order valence-electron chi connectivity index (χ0n) is 24.8. The number of fused-ring (bicyclic) bond motifs is 1. The molecule has 2 aliphatic rings. The van der Waals surface area contributed by atoms with Crippen LogP contribution in [0.5, 0.6) is 5.75 Å². The van der Waals surface area contributed by atoms with Crippen molar-refractivity contribution in [1.82, 2.24) is 4.90 Å². The van der Waals surface area contributed by atoms with Gasteiger partial charge in [0.25, 0.3) is 5.91 Å². The van der Waals surface area contributed by atoms with E-state index in [0.717, 1.165) is 23.3 Å². The Balaban J connectivity index is 1.33. The molecule has 226 valence electrons. The molecule has 1 fully saturated rings. The highest BCUT2D eigenvalue weighted by atomic mass is 28.3. The van der Waals surface area contributed by atoms with Gasteiger partial charge in [0.2, 0.25) is 5.91 Å². The second kappa shape index (κ2) is 12.3. The highest BCUT2D eigenvalue weighted by Gasteiger charge is 2.49. The second-order valence-electron chi connectivity index (χ2n) is 12.3. The summed E-state index contributed by atoms with van der Waals surface area (Å²) in [5, 5.41) is 2.73. The lowest BCUT2D eigenvalue weighted by molar-refractivity contribution is -0.146. The van der Waals surface area contributed by atoms with Crippen LogP contribution in [0.2, 0.25) is 19.6 Å². The molecule has 10 heteroatoms. The van der Waals surface area contributed by atoms with E-state index < -0.39 is 37.6 Å². The van der Waals surface area contributed by atoms with E-state index in [1.54, 1.807) is 19.2 Å². The lowest BCUT2D eigenvalue weighted by Crippen LogP contribution is -2.46. The zero-order valence-corrected chi connectivity index (χ0v) is 25.8. The maximum Gasteiger partial charge on any atom is 0.306 e. The van der Waals surface area contributed by atoms with Crippen LogP contribution < -0.4 is 15.2 Å². The molecule has 1 heterocycles. The normalized spacial score (nSPS) is 19.3. The van der Waals surface area contributed by atoms with Gasteiger partial charge in [-0.05, 0) is 59.7 Å².